The van der Waals surface area contributed by atoms with Crippen LogP contribution in [0.15, 0.2) is 23.7 Å². The summed E-state index contributed by atoms with van der Waals surface area (Å²) in [5, 5.41) is 18.7. The fourth-order valence-corrected chi connectivity index (χ4v) is 2.16. The van der Waals surface area contributed by atoms with Crippen LogP contribution in [0.2, 0.25) is 0 Å². The Morgan fingerprint density at radius 3 is 2.41 bits per heavy atom. The molecule has 0 radical (unpaired) electrons. The number of nitrogens with two attached hydrogens (primary N) is 1. The zero-order valence-electron chi connectivity index (χ0n) is 13.4. The molecule has 0 bridgehead atoms. The molecule has 116 valence electrons. The van der Waals surface area contributed by atoms with E-state index in [-0.39, 0.29) is 6.61 Å². The van der Waals surface area contributed by atoms with Crippen LogP contribution < -0.4 is 5.73 Å². The van der Waals surface area contributed by atoms with Gasteiger partial charge in [-0.15, -0.1) is 0 Å². The molecule has 1 aromatic carbocycles. The number of nitrogens with zero attached hydrogens (tertiary/aromatic N) is 1. The number of benzene rings is 1. The molecule has 1 aliphatic rings. The van der Waals surface area contributed by atoms with Crippen LogP contribution in [0.4, 0.5) is 5.69 Å². The van der Waals surface area contributed by atoms with Crippen molar-refractivity contribution < 1.29 is 14.4 Å². The summed E-state index contributed by atoms with van der Waals surface area (Å²) in [5.41, 5.74) is 6.99. The lowest BCUT2D eigenvalue weighted by molar-refractivity contribution is 0.00578. The van der Waals surface area contributed by atoms with E-state index < -0.39 is 18.3 Å². The van der Waals surface area contributed by atoms with Crippen molar-refractivity contribution in [1.29, 1.82) is 5.26 Å². The molecule has 5 nitrogen and oxygen atoms in total. The van der Waals surface area contributed by atoms with Crippen LogP contribution in [-0.2, 0) is 9.31 Å². The summed E-state index contributed by atoms with van der Waals surface area (Å²) in [7, 11) is -0.613. The normalized spacial score (nSPS) is 20.0. The van der Waals surface area contributed by atoms with Crippen molar-refractivity contribution in [2.75, 3.05) is 12.3 Å². The molecule has 1 fully saturated rings. The Balaban J connectivity index is 2.32. The fraction of sp³-hybridized carbons (Fsp3) is 0.438. The zero-order valence-corrected chi connectivity index (χ0v) is 13.4. The van der Waals surface area contributed by atoms with Crippen molar-refractivity contribution in [3.05, 3.63) is 34.8 Å². The van der Waals surface area contributed by atoms with Gasteiger partial charge in [-0.25, -0.2) is 0 Å². The Hall–Kier alpha value is -1.81. The number of hydrogen-bond donors (Lipinski definition) is 2. The molecule has 1 saturated heterocycles. The molecule has 6 heteroatoms. The van der Waals surface area contributed by atoms with Gasteiger partial charge in [0.1, 0.15) is 6.07 Å². The number of rotatable bonds is 3. The first-order valence-corrected chi connectivity index (χ1v) is 7.17. The number of nitriles is 1. The minimum Gasteiger partial charge on any atom is -0.400 e. The largest absolute Gasteiger partial charge is 0.492 e. The summed E-state index contributed by atoms with van der Waals surface area (Å²) in [5.74, 6) is 0. The van der Waals surface area contributed by atoms with Gasteiger partial charge in [0.05, 0.1) is 23.4 Å². The molecule has 0 saturated carbocycles. The number of nitrogen functional groups attached to an aromatic ring is 1. The first-order chi connectivity index (χ1) is 10.2. The minimum atomic E-state index is -0.613. The molecule has 3 N–H and O–H groups in total. The van der Waals surface area contributed by atoms with E-state index in [9.17, 15) is 5.11 Å². The highest BCUT2D eigenvalue weighted by Gasteiger charge is 2.52. The smallest absolute Gasteiger partial charge is 0.400 e. The highest BCUT2D eigenvalue weighted by molar-refractivity contribution is 6.55. The first kappa shape index (κ1) is 16.6. The Morgan fingerprint density at radius 1 is 1.32 bits per heavy atom. The monoisotopic (exact) mass is 300 g/mol. The van der Waals surface area contributed by atoms with Crippen molar-refractivity contribution in [3.63, 3.8) is 0 Å². The molecule has 22 heavy (non-hydrogen) atoms. The second kappa shape index (κ2) is 5.77. The Bertz CT molecular complexity index is 631. The predicted molar refractivity (Wildman–Crippen MR) is 86.7 cm³/mol. The molecule has 0 atom stereocenters. The van der Waals surface area contributed by atoms with Crippen molar-refractivity contribution in [2.24, 2.45) is 0 Å². The van der Waals surface area contributed by atoms with Crippen LogP contribution in [0.3, 0.4) is 0 Å². The van der Waals surface area contributed by atoms with Gasteiger partial charge in [-0.1, -0.05) is 12.1 Å². The summed E-state index contributed by atoms with van der Waals surface area (Å²) in [6.07, 6.45) is 1.77. The Kier molecular flexibility index (Phi) is 4.34. The van der Waals surface area contributed by atoms with Gasteiger partial charge in [-0.3, -0.25) is 0 Å². The molecule has 0 aromatic heterocycles. The van der Waals surface area contributed by atoms with E-state index in [0.717, 1.165) is 5.56 Å². The summed E-state index contributed by atoms with van der Waals surface area (Å²) >= 11 is 0. The Morgan fingerprint density at radius 2 is 1.91 bits per heavy atom. The number of anilines is 1. The summed E-state index contributed by atoms with van der Waals surface area (Å²) in [6.45, 7) is 7.64. The summed E-state index contributed by atoms with van der Waals surface area (Å²) < 4.78 is 11.9. The van der Waals surface area contributed by atoms with Gasteiger partial charge in [0, 0.05) is 5.69 Å². The van der Waals surface area contributed by atoms with Crippen molar-refractivity contribution in [2.45, 2.75) is 38.9 Å². The van der Waals surface area contributed by atoms with Crippen LogP contribution in [0.5, 0.6) is 0 Å². The molecule has 0 aliphatic carbocycles. The highest BCUT2D eigenvalue weighted by Crippen LogP contribution is 2.38. The highest BCUT2D eigenvalue weighted by atomic mass is 16.7. The molecule has 1 aromatic rings. The van der Waals surface area contributed by atoms with Gasteiger partial charge in [-0.2, -0.15) is 5.26 Å². The molecule has 0 amide bonds. The third-order valence-corrected chi connectivity index (χ3v) is 4.29. The zero-order chi connectivity index (χ0) is 16.5. The summed E-state index contributed by atoms with van der Waals surface area (Å²) in [6, 6.07) is 7.18. The molecule has 0 unspecified atom stereocenters. The number of hydrogen-bond acceptors (Lipinski definition) is 5. The maximum atomic E-state index is 9.65. The minimum absolute atomic E-state index is 0.191. The first-order valence-electron chi connectivity index (χ1n) is 7.17. The van der Waals surface area contributed by atoms with Crippen molar-refractivity contribution >= 4 is 18.9 Å². The van der Waals surface area contributed by atoms with Crippen LogP contribution in [0.25, 0.3) is 6.08 Å². The van der Waals surface area contributed by atoms with E-state index >= 15 is 0 Å². The predicted octanol–water partition coefficient (Wildman–Crippen LogP) is 2.15. The van der Waals surface area contributed by atoms with Crippen LogP contribution in [-0.4, -0.2) is 30.0 Å². The molecular weight excluding hydrogens is 279 g/mol. The molecular formula is C16H21BN2O3. The fourth-order valence-electron chi connectivity index (χ4n) is 2.16. The third-order valence-electron chi connectivity index (χ3n) is 4.29. The van der Waals surface area contributed by atoms with Gasteiger partial charge in [0.25, 0.3) is 0 Å². The average molecular weight is 300 g/mol. The standard InChI is InChI=1S/C16H21BN2O3/c1-15(2)16(3,4)22-17(21-15)13(10-20)8-11-5-6-14(19)12(7-11)9-18/h5-8,20H,10,19H2,1-4H3. The molecule has 1 aliphatic heterocycles. The average Bonchev–Trinajstić information content (AvgIpc) is 2.66. The second-order valence-corrected chi connectivity index (χ2v) is 6.42. The van der Waals surface area contributed by atoms with Crippen molar-refractivity contribution in [1.82, 2.24) is 0 Å². The lowest BCUT2D eigenvalue weighted by atomic mass is 9.77. The van der Waals surface area contributed by atoms with Gasteiger partial charge < -0.3 is 20.1 Å². The lowest BCUT2D eigenvalue weighted by Gasteiger charge is -2.32. The third kappa shape index (κ3) is 3.02. The van der Waals surface area contributed by atoms with Crippen molar-refractivity contribution in [3.8, 4) is 6.07 Å². The van der Waals surface area contributed by atoms with Gasteiger partial charge in [0.15, 0.2) is 0 Å². The van der Waals surface area contributed by atoms with E-state index in [2.05, 4.69) is 0 Å². The van der Waals surface area contributed by atoms with Crippen LogP contribution >= 0.6 is 0 Å². The Labute approximate surface area is 131 Å². The number of aliphatic hydroxyl groups is 1. The lowest BCUT2D eigenvalue weighted by Crippen LogP contribution is -2.41. The maximum absolute atomic E-state index is 9.65. The van der Waals surface area contributed by atoms with Gasteiger partial charge in [0.2, 0.25) is 0 Å². The van der Waals surface area contributed by atoms with E-state index in [1.165, 1.54) is 0 Å². The van der Waals surface area contributed by atoms with E-state index in [1.54, 1.807) is 24.3 Å². The quantitative estimate of drug-likeness (QED) is 0.659. The van der Waals surface area contributed by atoms with Gasteiger partial charge >= 0.3 is 7.12 Å². The molecule has 1 heterocycles. The molecule has 0 spiro atoms. The topological polar surface area (TPSA) is 88.5 Å². The van der Waals surface area contributed by atoms with Crippen LogP contribution in [0, 0.1) is 11.3 Å². The summed E-state index contributed by atoms with van der Waals surface area (Å²) in [4.78, 5) is 0. The van der Waals surface area contributed by atoms with E-state index in [4.69, 9.17) is 20.3 Å². The maximum Gasteiger partial charge on any atom is 0.492 e. The number of aliphatic hydroxyl groups excluding tert-OH is 1. The van der Waals surface area contributed by atoms with Crippen LogP contribution in [0.1, 0.15) is 38.8 Å². The SMILES string of the molecule is CC1(C)OB(C(=Cc2ccc(N)c(C#N)c2)CO)OC1(C)C. The molecule has 2 rings (SSSR count). The van der Waals surface area contributed by atoms with Gasteiger partial charge in [-0.05, 0) is 50.9 Å². The van der Waals surface area contributed by atoms with E-state index in [1.807, 2.05) is 33.8 Å². The van der Waals surface area contributed by atoms with E-state index in [0.29, 0.717) is 16.7 Å². The second-order valence-electron chi connectivity index (χ2n) is 6.42.